The van der Waals surface area contributed by atoms with Crippen molar-refractivity contribution in [3.8, 4) is 0 Å². The van der Waals surface area contributed by atoms with Crippen molar-refractivity contribution in [2.75, 3.05) is 18.1 Å². The van der Waals surface area contributed by atoms with Gasteiger partial charge in [0.05, 0.1) is 28.4 Å². The number of nitrogens with zero attached hydrogens (tertiary/aromatic N) is 1. The van der Waals surface area contributed by atoms with E-state index in [1.807, 2.05) is 6.92 Å². The van der Waals surface area contributed by atoms with Crippen LogP contribution in [-0.2, 0) is 19.5 Å². The van der Waals surface area contributed by atoms with Crippen molar-refractivity contribution in [1.82, 2.24) is 0 Å². The minimum Gasteiger partial charge on any atom is -0.511 e. The molecule has 2 atom stereocenters. The summed E-state index contributed by atoms with van der Waals surface area (Å²) >= 11 is 0. The molecule has 1 fully saturated rings. The SMILES string of the molecule is CCCC(=NOCC)C1=C(O)CC(O)(C2CCCS(=O)(=O)C2)CC1=O. The van der Waals surface area contributed by atoms with Crippen LogP contribution < -0.4 is 0 Å². The number of oxime groups is 1. The largest absolute Gasteiger partial charge is 0.511 e. The molecule has 1 aliphatic heterocycles. The highest BCUT2D eigenvalue weighted by molar-refractivity contribution is 7.91. The van der Waals surface area contributed by atoms with Gasteiger partial charge in [-0.25, -0.2) is 8.42 Å². The first kappa shape index (κ1) is 19.9. The number of allylic oxidation sites excluding steroid dienone is 1. The Bertz CT molecular complexity index is 681. The van der Waals surface area contributed by atoms with Gasteiger partial charge in [-0.15, -0.1) is 0 Å². The normalized spacial score (nSPS) is 30.4. The summed E-state index contributed by atoms with van der Waals surface area (Å²) in [6.07, 6.45) is 1.85. The van der Waals surface area contributed by atoms with E-state index in [0.717, 1.165) is 6.42 Å². The summed E-state index contributed by atoms with van der Waals surface area (Å²) in [4.78, 5) is 17.7. The second-order valence-corrected chi connectivity index (χ2v) is 9.09. The highest BCUT2D eigenvalue weighted by Crippen LogP contribution is 2.40. The molecule has 8 heteroatoms. The molecule has 0 amide bonds. The van der Waals surface area contributed by atoms with Gasteiger partial charge in [-0.2, -0.15) is 0 Å². The van der Waals surface area contributed by atoms with E-state index in [0.29, 0.717) is 31.6 Å². The van der Waals surface area contributed by atoms with E-state index in [9.17, 15) is 23.4 Å². The lowest BCUT2D eigenvalue weighted by molar-refractivity contribution is -0.125. The van der Waals surface area contributed by atoms with Crippen molar-refractivity contribution >= 4 is 21.3 Å². The first-order chi connectivity index (χ1) is 11.7. The third-order valence-corrected chi connectivity index (χ3v) is 6.63. The topological polar surface area (TPSA) is 113 Å². The Labute approximate surface area is 148 Å². The fraction of sp³-hybridized carbons (Fsp3) is 0.765. The van der Waals surface area contributed by atoms with Crippen LogP contribution in [-0.4, -0.2) is 53.8 Å². The molecule has 2 N–H and O–H groups in total. The van der Waals surface area contributed by atoms with Gasteiger partial charge >= 0.3 is 0 Å². The predicted molar refractivity (Wildman–Crippen MR) is 94.2 cm³/mol. The third-order valence-electron chi connectivity index (χ3n) is 4.81. The maximum atomic E-state index is 12.6. The Morgan fingerprint density at radius 3 is 2.64 bits per heavy atom. The Balaban J connectivity index is 2.30. The molecule has 1 saturated heterocycles. The molecular formula is C17H27NO6S. The van der Waals surface area contributed by atoms with Crippen molar-refractivity contribution in [2.45, 2.75) is 58.0 Å². The highest BCUT2D eigenvalue weighted by atomic mass is 32.2. The molecule has 7 nitrogen and oxygen atoms in total. The van der Waals surface area contributed by atoms with E-state index < -0.39 is 27.1 Å². The van der Waals surface area contributed by atoms with E-state index in [-0.39, 0.29) is 35.7 Å². The molecule has 0 radical (unpaired) electrons. The molecule has 0 aromatic carbocycles. The predicted octanol–water partition coefficient (Wildman–Crippen LogP) is 1.91. The molecule has 2 rings (SSSR count). The van der Waals surface area contributed by atoms with Gasteiger partial charge in [0.15, 0.2) is 15.6 Å². The second kappa shape index (κ2) is 7.86. The van der Waals surface area contributed by atoms with Crippen molar-refractivity contribution < 1.29 is 28.3 Å². The lowest BCUT2D eigenvalue weighted by Gasteiger charge is -2.40. The number of ketones is 1. The zero-order chi connectivity index (χ0) is 18.7. The van der Waals surface area contributed by atoms with Crippen LogP contribution in [0.3, 0.4) is 0 Å². The van der Waals surface area contributed by atoms with Gasteiger partial charge in [0.1, 0.15) is 12.4 Å². The summed E-state index contributed by atoms with van der Waals surface area (Å²) in [5.74, 6) is -1.22. The molecule has 1 aliphatic carbocycles. The summed E-state index contributed by atoms with van der Waals surface area (Å²) in [5, 5.41) is 25.3. The molecule has 0 aromatic heterocycles. The number of aliphatic hydroxyl groups excluding tert-OH is 1. The molecule has 2 unspecified atom stereocenters. The quantitative estimate of drug-likeness (QED) is 0.543. The number of rotatable bonds is 6. The molecule has 25 heavy (non-hydrogen) atoms. The van der Waals surface area contributed by atoms with Gasteiger partial charge in [0, 0.05) is 18.8 Å². The Morgan fingerprint density at radius 1 is 1.36 bits per heavy atom. The monoisotopic (exact) mass is 373 g/mol. The van der Waals surface area contributed by atoms with Gasteiger partial charge in [0.2, 0.25) is 0 Å². The minimum atomic E-state index is -3.22. The Morgan fingerprint density at radius 2 is 2.08 bits per heavy atom. The van der Waals surface area contributed by atoms with Crippen molar-refractivity contribution in [3.05, 3.63) is 11.3 Å². The van der Waals surface area contributed by atoms with Gasteiger partial charge in [-0.1, -0.05) is 18.5 Å². The second-order valence-electron chi connectivity index (χ2n) is 6.86. The zero-order valence-electron chi connectivity index (χ0n) is 14.8. The van der Waals surface area contributed by atoms with Crippen molar-refractivity contribution in [1.29, 1.82) is 0 Å². The van der Waals surface area contributed by atoms with E-state index >= 15 is 0 Å². The number of sulfone groups is 1. The first-order valence-electron chi connectivity index (χ1n) is 8.79. The standard InChI is InChI=1S/C17H27NO6S/c1-3-6-13(18-24-4-2)16-14(19)9-17(21,10-15(16)20)12-7-5-8-25(22,23)11-12/h12,19,21H,3-11H2,1-2H3. The van der Waals surface area contributed by atoms with Crippen LogP contribution in [0.5, 0.6) is 0 Å². The van der Waals surface area contributed by atoms with Crippen LogP contribution in [0.4, 0.5) is 0 Å². The van der Waals surface area contributed by atoms with Crippen LogP contribution >= 0.6 is 0 Å². The number of carbonyl (C=O) groups excluding carboxylic acids is 1. The smallest absolute Gasteiger partial charge is 0.171 e. The van der Waals surface area contributed by atoms with Crippen LogP contribution in [0.1, 0.15) is 52.4 Å². The van der Waals surface area contributed by atoms with E-state index in [1.165, 1.54) is 0 Å². The lowest BCUT2D eigenvalue weighted by atomic mass is 9.73. The van der Waals surface area contributed by atoms with Crippen LogP contribution in [0.25, 0.3) is 0 Å². The maximum Gasteiger partial charge on any atom is 0.171 e. The van der Waals surface area contributed by atoms with Crippen molar-refractivity contribution in [3.63, 3.8) is 0 Å². The van der Waals surface area contributed by atoms with E-state index in [2.05, 4.69) is 5.16 Å². The molecule has 1 heterocycles. The summed E-state index contributed by atoms with van der Waals surface area (Å²) in [7, 11) is -3.22. The van der Waals surface area contributed by atoms with Gasteiger partial charge in [0.25, 0.3) is 0 Å². The maximum absolute atomic E-state index is 12.6. The molecule has 0 spiro atoms. The van der Waals surface area contributed by atoms with Crippen LogP contribution in [0.2, 0.25) is 0 Å². The molecule has 0 saturated carbocycles. The first-order valence-corrected chi connectivity index (χ1v) is 10.6. The summed E-state index contributed by atoms with van der Waals surface area (Å²) < 4.78 is 23.8. The van der Waals surface area contributed by atoms with Gasteiger partial charge in [-0.05, 0) is 26.2 Å². The lowest BCUT2D eigenvalue weighted by Crippen LogP contribution is -2.48. The average molecular weight is 373 g/mol. The zero-order valence-corrected chi connectivity index (χ0v) is 15.6. The molecule has 0 bridgehead atoms. The molecular weight excluding hydrogens is 346 g/mol. The molecule has 2 aliphatic rings. The average Bonchev–Trinajstić information content (AvgIpc) is 2.50. The van der Waals surface area contributed by atoms with Crippen LogP contribution in [0, 0.1) is 5.92 Å². The number of carbonyl (C=O) groups is 1. The number of Topliss-reactive ketones (excluding diaryl/α,β-unsaturated/α-hetero) is 1. The van der Waals surface area contributed by atoms with Crippen molar-refractivity contribution in [2.24, 2.45) is 11.1 Å². The molecule has 142 valence electrons. The van der Waals surface area contributed by atoms with Crippen LogP contribution in [0.15, 0.2) is 16.5 Å². The molecule has 0 aromatic rings. The van der Waals surface area contributed by atoms with Gasteiger partial charge < -0.3 is 15.1 Å². The summed E-state index contributed by atoms with van der Waals surface area (Å²) in [5.41, 5.74) is -1.04. The number of aliphatic hydroxyl groups is 2. The van der Waals surface area contributed by atoms with Gasteiger partial charge in [-0.3, -0.25) is 4.79 Å². The third kappa shape index (κ3) is 4.61. The highest BCUT2D eigenvalue weighted by Gasteiger charge is 2.47. The summed E-state index contributed by atoms with van der Waals surface area (Å²) in [6.45, 7) is 4.04. The van der Waals surface area contributed by atoms with E-state index in [1.54, 1.807) is 6.92 Å². The van der Waals surface area contributed by atoms with E-state index in [4.69, 9.17) is 4.84 Å². The fourth-order valence-corrected chi connectivity index (χ4v) is 5.49. The Kier molecular flexibility index (Phi) is 6.26. The number of hydrogen-bond acceptors (Lipinski definition) is 7. The summed E-state index contributed by atoms with van der Waals surface area (Å²) in [6, 6.07) is 0. The fourth-order valence-electron chi connectivity index (χ4n) is 3.63. The minimum absolute atomic E-state index is 0.110. The number of hydrogen-bond donors (Lipinski definition) is 2. The Hall–Kier alpha value is -1.41.